The highest BCUT2D eigenvalue weighted by molar-refractivity contribution is 6.31. The summed E-state index contributed by atoms with van der Waals surface area (Å²) in [7, 11) is 0. The van der Waals surface area contributed by atoms with Gasteiger partial charge in [-0.05, 0) is 24.3 Å². The van der Waals surface area contributed by atoms with Gasteiger partial charge >= 0.3 is 5.97 Å². The van der Waals surface area contributed by atoms with Crippen LogP contribution in [0.4, 0.5) is 5.82 Å². The fraction of sp³-hybridized carbons (Fsp3) is 0.158. The first-order valence-corrected chi connectivity index (χ1v) is 8.90. The highest BCUT2D eigenvalue weighted by Crippen LogP contribution is 2.28. The SMILES string of the molecule is O=C(O)CN1C=CCN(c2cc(-n3ccnc3)c3ccc(Cl)cc3n2)CC1=O. The van der Waals surface area contributed by atoms with Crippen LogP contribution in [0.3, 0.4) is 0 Å². The number of amides is 1. The maximum absolute atomic E-state index is 12.5. The zero-order chi connectivity index (χ0) is 19.7. The highest BCUT2D eigenvalue weighted by Gasteiger charge is 2.22. The number of carbonyl (C=O) groups is 2. The number of rotatable bonds is 4. The first kappa shape index (κ1) is 18.0. The number of halogens is 1. The molecule has 0 saturated heterocycles. The van der Waals surface area contributed by atoms with Gasteiger partial charge in [-0.3, -0.25) is 9.59 Å². The minimum atomic E-state index is -1.06. The van der Waals surface area contributed by atoms with Gasteiger partial charge in [-0.15, -0.1) is 0 Å². The molecule has 3 heterocycles. The van der Waals surface area contributed by atoms with E-state index < -0.39 is 5.97 Å². The van der Waals surface area contributed by atoms with Crippen LogP contribution >= 0.6 is 11.6 Å². The number of carboxylic acid groups (broad SMARTS) is 1. The van der Waals surface area contributed by atoms with Crippen molar-refractivity contribution < 1.29 is 14.7 Å². The average Bonchev–Trinajstić information content (AvgIpc) is 3.13. The molecule has 1 amide bonds. The van der Waals surface area contributed by atoms with Crippen LogP contribution in [0.1, 0.15) is 0 Å². The molecule has 1 aromatic carbocycles. The largest absolute Gasteiger partial charge is 0.480 e. The topological polar surface area (TPSA) is 91.6 Å². The summed E-state index contributed by atoms with van der Waals surface area (Å²) in [4.78, 5) is 35.2. The minimum Gasteiger partial charge on any atom is -0.480 e. The standard InChI is InChI=1S/C19H16ClN5O3/c20-13-2-3-14-15(8-13)22-17(9-16(14)25-7-4-21-12-25)23-5-1-6-24(11-19(27)28)18(26)10-23/h1-4,6-9,12H,5,10-11H2,(H,27,28). The number of carboxylic acids is 1. The molecule has 0 unspecified atom stereocenters. The fourth-order valence-corrected chi connectivity index (χ4v) is 3.28. The van der Waals surface area contributed by atoms with Crippen molar-refractivity contribution in [3.8, 4) is 5.69 Å². The third-order valence-corrected chi connectivity index (χ3v) is 4.64. The normalized spacial score (nSPS) is 14.5. The van der Waals surface area contributed by atoms with Crippen LogP contribution < -0.4 is 4.90 Å². The summed E-state index contributed by atoms with van der Waals surface area (Å²) in [5.41, 5.74) is 1.55. The van der Waals surface area contributed by atoms with Gasteiger partial charge in [0.2, 0.25) is 5.91 Å². The lowest BCUT2D eigenvalue weighted by atomic mass is 10.1. The molecule has 1 aliphatic heterocycles. The molecule has 0 spiro atoms. The molecule has 2 aromatic heterocycles. The summed E-state index contributed by atoms with van der Waals surface area (Å²) >= 11 is 6.15. The number of fused-ring (bicyclic) bond motifs is 1. The van der Waals surface area contributed by atoms with Crippen molar-refractivity contribution in [2.45, 2.75) is 0 Å². The van der Waals surface area contributed by atoms with Crippen molar-refractivity contribution in [1.29, 1.82) is 0 Å². The van der Waals surface area contributed by atoms with E-state index in [-0.39, 0.29) is 19.0 Å². The lowest BCUT2D eigenvalue weighted by molar-refractivity contribution is -0.142. The Hall–Kier alpha value is -3.39. The van der Waals surface area contributed by atoms with Crippen molar-refractivity contribution >= 4 is 40.2 Å². The van der Waals surface area contributed by atoms with Gasteiger partial charge in [-0.2, -0.15) is 0 Å². The Morgan fingerprint density at radius 3 is 2.89 bits per heavy atom. The predicted molar refractivity (Wildman–Crippen MR) is 105 cm³/mol. The molecule has 8 nitrogen and oxygen atoms in total. The number of benzene rings is 1. The van der Waals surface area contributed by atoms with Crippen LogP contribution in [-0.4, -0.2) is 56.1 Å². The summed E-state index contributed by atoms with van der Waals surface area (Å²) in [6.45, 7) is 0.0667. The van der Waals surface area contributed by atoms with Gasteiger partial charge in [0.1, 0.15) is 12.4 Å². The summed E-state index contributed by atoms with van der Waals surface area (Å²) in [5.74, 6) is -0.783. The van der Waals surface area contributed by atoms with Crippen LogP contribution in [0.2, 0.25) is 5.02 Å². The lowest BCUT2D eigenvalue weighted by Gasteiger charge is -2.23. The van der Waals surface area contributed by atoms with Gasteiger partial charge in [0.15, 0.2) is 0 Å². The van der Waals surface area contributed by atoms with Gasteiger partial charge < -0.3 is 19.5 Å². The third-order valence-electron chi connectivity index (χ3n) is 4.41. The Labute approximate surface area is 165 Å². The zero-order valence-corrected chi connectivity index (χ0v) is 15.5. The quantitative estimate of drug-likeness (QED) is 0.726. The van der Waals surface area contributed by atoms with Crippen molar-refractivity contribution in [3.63, 3.8) is 0 Å². The van der Waals surface area contributed by atoms with Crippen LogP contribution in [0, 0.1) is 0 Å². The second-order valence-corrected chi connectivity index (χ2v) is 6.75. The second-order valence-electron chi connectivity index (χ2n) is 6.31. The lowest BCUT2D eigenvalue weighted by Crippen LogP contribution is -2.38. The summed E-state index contributed by atoms with van der Waals surface area (Å²) < 4.78 is 1.87. The second kappa shape index (κ2) is 7.32. The summed E-state index contributed by atoms with van der Waals surface area (Å²) in [6.07, 6.45) is 8.45. The Morgan fingerprint density at radius 2 is 2.14 bits per heavy atom. The Morgan fingerprint density at radius 1 is 1.29 bits per heavy atom. The van der Waals surface area contributed by atoms with E-state index in [9.17, 15) is 9.59 Å². The molecule has 4 rings (SSSR count). The number of hydrogen-bond donors (Lipinski definition) is 1. The van der Waals surface area contributed by atoms with Crippen molar-refractivity contribution in [2.24, 2.45) is 0 Å². The number of imidazole rings is 1. The number of aromatic nitrogens is 3. The van der Waals surface area contributed by atoms with Crippen LogP contribution in [0.5, 0.6) is 0 Å². The van der Waals surface area contributed by atoms with Gasteiger partial charge in [0, 0.05) is 41.6 Å². The zero-order valence-electron chi connectivity index (χ0n) is 14.7. The molecule has 0 bridgehead atoms. The van der Waals surface area contributed by atoms with Crippen LogP contribution in [-0.2, 0) is 9.59 Å². The molecule has 9 heteroatoms. The van der Waals surface area contributed by atoms with E-state index in [1.165, 1.54) is 11.1 Å². The van der Waals surface area contributed by atoms with Crippen LogP contribution in [0.25, 0.3) is 16.6 Å². The highest BCUT2D eigenvalue weighted by atomic mass is 35.5. The first-order valence-electron chi connectivity index (χ1n) is 8.53. The van der Waals surface area contributed by atoms with Gasteiger partial charge in [-0.1, -0.05) is 11.6 Å². The smallest absolute Gasteiger partial charge is 0.323 e. The average molecular weight is 398 g/mol. The molecular formula is C19H16ClN5O3. The predicted octanol–water partition coefficient (Wildman–Crippen LogP) is 2.32. The van der Waals surface area contributed by atoms with E-state index in [1.807, 2.05) is 22.9 Å². The molecule has 0 saturated carbocycles. The number of pyridine rings is 1. The molecular weight excluding hydrogens is 382 g/mol. The Kier molecular flexibility index (Phi) is 4.70. The maximum Gasteiger partial charge on any atom is 0.323 e. The number of aliphatic carboxylic acids is 1. The monoisotopic (exact) mass is 397 g/mol. The third kappa shape index (κ3) is 3.54. The van der Waals surface area contributed by atoms with Gasteiger partial charge in [-0.25, -0.2) is 9.97 Å². The van der Waals surface area contributed by atoms with Crippen molar-refractivity contribution in [2.75, 3.05) is 24.5 Å². The number of nitrogens with zero attached hydrogens (tertiary/aromatic N) is 5. The number of anilines is 1. The molecule has 0 aliphatic carbocycles. The maximum atomic E-state index is 12.5. The number of carbonyl (C=O) groups excluding carboxylic acids is 1. The van der Waals surface area contributed by atoms with Crippen molar-refractivity contribution in [3.05, 3.63) is 60.3 Å². The molecule has 1 N–H and O–H groups in total. The van der Waals surface area contributed by atoms with E-state index in [2.05, 4.69) is 9.97 Å². The molecule has 0 atom stereocenters. The molecule has 28 heavy (non-hydrogen) atoms. The first-order chi connectivity index (χ1) is 13.5. The van der Waals surface area contributed by atoms with E-state index >= 15 is 0 Å². The van der Waals surface area contributed by atoms with E-state index in [1.54, 1.807) is 35.6 Å². The van der Waals surface area contributed by atoms with Crippen molar-refractivity contribution in [1.82, 2.24) is 19.4 Å². The van der Waals surface area contributed by atoms with Gasteiger partial charge in [0.25, 0.3) is 0 Å². The summed E-state index contributed by atoms with van der Waals surface area (Å²) in [6, 6.07) is 7.35. The fourth-order valence-electron chi connectivity index (χ4n) is 3.11. The molecule has 142 valence electrons. The molecule has 3 aromatic rings. The van der Waals surface area contributed by atoms with E-state index in [4.69, 9.17) is 16.7 Å². The number of hydrogen-bond acceptors (Lipinski definition) is 5. The van der Waals surface area contributed by atoms with E-state index in [0.29, 0.717) is 22.9 Å². The summed E-state index contributed by atoms with van der Waals surface area (Å²) in [5, 5.41) is 10.4. The molecule has 0 fully saturated rings. The van der Waals surface area contributed by atoms with Crippen LogP contribution in [0.15, 0.2) is 55.3 Å². The Bertz CT molecular complexity index is 1080. The molecule has 0 radical (unpaired) electrons. The minimum absolute atomic E-state index is 0.0166. The van der Waals surface area contributed by atoms with E-state index in [0.717, 1.165) is 11.1 Å². The Balaban J connectivity index is 1.76. The van der Waals surface area contributed by atoms with Gasteiger partial charge in [0.05, 0.1) is 24.1 Å². The molecule has 1 aliphatic rings.